The molecule has 1 atom stereocenters. The highest BCUT2D eigenvalue weighted by Gasteiger charge is 2.10. The Bertz CT molecular complexity index is 298. The minimum absolute atomic E-state index is 0.652. The van der Waals surface area contributed by atoms with Gasteiger partial charge in [0.15, 0.2) is 0 Å². The molecule has 0 fully saturated rings. The van der Waals surface area contributed by atoms with Gasteiger partial charge in [-0.05, 0) is 55.8 Å². The van der Waals surface area contributed by atoms with Gasteiger partial charge in [0.1, 0.15) is 0 Å². The smallest absolute Gasteiger partial charge is 0.00714 e. The van der Waals surface area contributed by atoms with Gasteiger partial charge in [0.2, 0.25) is 0 Å². The van der Waals surface area contributed by atoms with Crippen molar-refractivity contribution in [3.63, 3.8) is 0 Å². The van der Waals surface area contributed by atoms with Gasteiger partial charge in [-0.1, -0.05) is 31.5 Å². The van der Waals surface area contributed by atoms with E-state index in [0.29, 0.717) is 5.92 Å². The molecular formula is C14H23N. The maximum Gasteiger partial charge on any atom is -0.00714 e. The molecule has 15 heavy (non-hydrogen) atoms. The van der Waals surface area contributed by atoms with Gasteiger partial charge in [-0.15, -0.1) is 0 Å². The monoisotopic (exact) mass is 205 g/mol. The Morgan fingerprint density at radius 3 is 2.40 bits per heavy atom. The molecule has 2 N–H and O–H groups in total. The molecule has 1 heteroatoms. The number of aryl methyl sites for hydroxylation is 2. The van der Waals surface area contributed by atoms with Crippen molar-refractivity contribution in [3.05, 3.63) is 34.9 Å². The van der Waals surface area contributed by atoms with Crippen LogP contribution in [0.5, 0.6) is 0 Å². The molecule has 0 aliphatic carbocycles. The third-order valence-electron chi connectivity index (χ3n) is 3.15. The fourth-order valence-corrected chi connectivity index (χ4v) is 2.05. The fraction of sp³-hybridized carbons (Fsp3) is 0.571. The second kappa shape index (κ2) is 5.92. The summed E-state index contributed by atoms with van der Waals surface area (Å²) >= 11 is 0. The van der Waals surface area contributed by atoms with Crippen LogP contribution in [-0.4, -0.2) is 6.54 Å². The van der Waals surface area contributed by atoms with Gasteiger partial charge in [0.25, 0.3) is 0 Å². The summed E-state index contributed by atoms with van der Waals surface area (Å²) in [6, 6.07) is 6.81. The van der Waals surface area contributed by atoms with E-state index in [2.05, 4.69) is 39.0 Å². The minimum atomic E-state index is 0.652. The van der Waals surface area contributed by atoms with E-state index in [0.717, 1.165) is 13.0 Å². The molecule has 0 aliphatic heterocycles. The summed E-state index contributed by atoms with van der Waals surface area (Å²) in [5.41, 5.74) is 9.90. The molecule has 0 amide bonds. The average Bonchev–Trinajstić information content (AvgIpc) is 2.22. The van der Waals surface area contributed by atoms with E-state index in [1.807, 2.05) is 0 Å². The highest BCUT2D eigenvalue weighted by Crippen LogP contribution is 2.25. The maximum absolute atomic E-state index is 5.66. The highest BCUT2D eigenvalue weighted by atomic mass is 14.5. The first-order valence-corrected chi connectivity index (χ1v) is 5.96. The van der Waals surface area contributed by atoms with Crippen molar-refractivity contribution in [2.24, 2.45) is 5.73 Å². The van der Waals surface area contributed by atoms with Crippen LogP contribution in [0.3, 0.4) is 0 Å². The molecule has 0 radical (unpaired) electrons. The SMILES string of the molecule is CCCC(CCN)c1ccc(C)c(C)c1. The topological polar surface area (TPSA) is 26.0 Å². The first-order valence-electron chi connectivity index (χ1n) is 5.96. The second-order valence-corrected chi connectivity index (χ2v) is 4.41. The molecule has 1 aromatic carbocycles. The van der Waals surface area contributed by atoms with Crippen LogP contribution < -0.4 is 5.73 Å². The lowest BCUT2D eigenvalue weighted by Gasteiger charge is -2.16. The Hall–Kier alpha value is -0.820. The van der Waals surface area contributed by atoms with Crippen LogP contribution in [0.2, 0.25) is 0 Å². The lowest BCUT2D eigenvalue weighted by molar-refractivity contribution is 0.575. The Morgan fingerprint density at radius 1 is 1.13 bits per heavy atom. The van der Waals surface area contributed by atoms with Crippen molar-refractivity contribution in [1.29, 1.82) is 0 Å². The molecule has 0 spiro atoms. The Kier molecular flexibility index (Phi) is 4.83. The first-order chi connectivity index (χ1) is 7.19. The maximum atomic E-state index is 5.66. The zero-order valence-corrected chi connectivity index (χ0v) is 10.2. The molecule has 0 saturated carbocycles. The van der Waals surface area contributed by atoms with Gasteiger partial charge in [0.05, 0.1) is 0 Å². The lowest BCUT2D eigenvalue weighted by Crippen LogP contribution is -2.07. The van der Waals surface area contributed by atoms with Crippen molar-refractivity contribution in [3.8, 4) is 0 Å². The molecule has 1 aromatic rings. The standard InChI is InChI=1S/C14H23N/c1-4-5-13(8-9-15)14-7-6-11(2)12(3)10-14/h6-7,10,13H,4-5,8-9,15H2,1-3H3. The minimum Gasteiger partial charge on any atom is -0.330 e. The number of nitrogens with two attached hydrogens (primary N) is 1. The molecule has 1 rings (SSSR count). The Morgan fingerprint density at radius 2 is 1.87 bits per heavy atom. The summed E-state index contributed by atoms with van der Waals surface area (Å²) in [6.45, 7) is 7.38. The molecule has 0 saturated heterocycles. The zero-order valence-electron chi connectivity index (χ0n) is 10.2. The predicted octanol–water partition coefficient (Wildman–Crippen LogP) is 3.54. The van der Waals surface area contributed by atoms with Crippen molar-refractivity contribution < 1.29 is 0 Å². The van der Waals surface area contributed by atoms with Gasteiger partial charge in [-0.2, -0.15) is 0 Å². The fourth-order valence-electron chi connectivity index (χ4n) is 2.05. The van der Waals surface area contributed by atoms with Crippen molar-refractivity contribution in [2.75, 3.05) is 6.54 Å². The third kappa shape index (κ3) is 3.35. The zero-order chi connectivity index (χ0) is 11.3. The summed E-state index contributed by atoms with van der Waals surface area (Å²) in [7, 11) is 0. The van der Waals surface area contributed by atoms with E-state index in [1.165, 1.54) is 29.5 Å². The van der Waals surface area contributed by atoms with Crippen LogP contribution >= 0.6 is 0 Å². The Labute approximate surface area is 93.7 Å². The van der Waals surface area contributed by atoms with Crippen molar-refractivity contribution in [1.82, 2.24) is 0 Å². The van der Waals surface area contributed by atoms with Crippen LogP contribution in [0, 0.1) is 13.8 Å². The van der Waals surface area contributed by atoms with E-state index < -0.39 is 0 Å². The van der Waals surface area contributed by atoms with Gasteiger partial charge in [0, 0.05) is 0 Å². The summed E-state index contributed by atoms with van der Waals surface area (Å²) in [5, 5.41) is 0. The van der Waals surface area contributed by atoms with E-state index in [4.69, 9.17) is 5.73 Å². The average molecular weight is 205 g/mol. The predicted molar refractivity (Wildman–Crippen MR) is 67.2 cm³/mol. The summed E-state index contributed by atoms with van der Waals surface area (Å²) < 4.78 is 0. The van der Waals surface area contributed by atoms with E-state index in [1.54, 1.807) is 0 Å². The summed E-state index contributed by atoms with van der Waals surface area (Å²) in [4.78, 5) is 0. The van der Waals surface area contributed by atoms with E-state index in [9.17, 15) is 0 Å². The van der Waals surface area contributed by atoms with Gasteiger partial charge >= 0.3 is 0 Å². The highest BCUT2D eigenvalue weighted by molar-refractivity contribution is 5.31. The molecule has 0 aromatic heterocycles. The molecule has 1 unspecified atom stereocenters. The van der Waals surface area contributed by atoms with Crippen LogP contribution in [0.15, 0.2) is 18.2 Å². The van der Waals surface area contributed by atoms with Crippen molar-refractivity contribution >= 4 is 0 Å². The van der Waals surface area contributed by atoms with Gasteiger partial charge in [-0.25, -0.2) is 0 Å². The summed E-state index contributed by atoms with van der Waals surface area (Å²) in [5.74, 6) is 0.652. The van der Waals surface area contributed by atoms with Crippen LogP contribution in [-0.2, 0) is 0 Å². The molecular weight excluding hydrogens is 182 g/mol. The first kappa shape index (κ1) is 12.3. The normalized spacial score (nSPS) is 12.8. The Balaban J connectivity index is 2.85. The molecule has 84 valence electrons. The van der Waals surface area contributed by atoms with E-state index >= 15 is 0 Å². The number of benzene rings is 1. The summed E-state index contributed by atoms with van der Waals surface area (Å²) in [6.07, 6.45) is 3.59. The van der Waals surface area contributed by atoms with Crippen LogP contribution in [0.1, 0.15) is 48.8 Å². The number of hydrogen-bond acceptors (Lipinski definition) is 1. The van der Waals surface area contributed by atoms with Crippen LogP contribution in [0.25, 0.3) is 0 Å². The quantitative estimate of drug-likeness (QED) is 0.781. The number of rotatable bonds is 5. The molecule has 1 nitrogen and oxygen atoms in total. The van der Waals surface area contributed by atoms with Gasteiger partial charge < -0.3 is 5.73 Å². The van der Waals surface area contributed by atoms with Gasteiger partial charge in [-0.3, -0.25) is 0 Å². The largest absolute Gasteiger partial charge is 0.330 e. The molecule has 0 heterocycles. The van der Waals surface area contributed by atoms with E-state index in [-0.39, 0.29) is 0 Å². The number of hydrogen-bond donors (Lipinski definition) is 1. The van der Waals surface area contributed by atoms with Crippen LogP contribution in [0.4, 0.5) is 0 Å². The van der Waals surface area contributed by atoms with Crippen molar-refractivity contribution in [2.45, 2.75) is 46.0 Å². The third-order valence-corrected chi connectivity index (χ3v) is 3.15. The molecule has 0 bridgehead atoms. The lowest BCUT2D eigenvalue weighted by atomic mass is 9.89. The second-order valence-electron chi connectivity index (χ2n) is 4.41. The molecule has 0 aliphatic rings.